The van der Waals surface area contributed by atoms with E-state index in [9.17, 15) is 4.39 Å². The maximum Gasteiger partial charge on any atom is 0.163 e. The maximum absolute atomic E-state index is 13.1. The molecule has 1 atom stereocenters. The van der Waals surface area contributed by atoms with Crippen molar-refractivity contribution in [1.29, 1.82) is 0 Å². The summed E-state index contributed by atoms with van der Waals surface area (Å²) in [6.07, 6.45) is -0.0757. The molecule has 0 amide bonds. The lowest BCUT2D eigenvalue weighted by Crippen LogP contribution is -2.25. The van der Waals surface area contributed by atoms with Gasteiger partial charge in [-0.25, -0.2) is 4.39 Å². The Hall–Kier alpha value is -2.11. The van der Waals surface area contributed by atoms with E-state index in [2.05, 4.69) is 0 Å². The monoisotopic (exact) mass is 318 g/mol. The first kappa shape index (κ1) is 15.8. The molecule has 0 radical (unpaired) electrons. The van der Waals surface area contributed by atoms with Crippen LogP contribution in [-0.4, -0.2) is 25.1 Å². The second kappa shape index (κ2) is 6.56. The van der Waals surface area contributed by atoms with Gasteiger partial charge in [0.1, 0.15) is 35.8 Å². The van der Waals surface area contributed by atoms with E-state index < -0.39 is 5.79 Å². The Kier molecular flexibility index (Phi) is 4.50. The molecule has 5 heteroatoms. The molecule has 122 valence electrons. The summed E-state index contributed by atoms with van der Waals surface area (Å²) in [4.78, 5) is 0. The van der Waals surface area contributed by atoms with Crippen molar-refractivity contribution in [2.75, 3.05) is 13.2 Å². The first-order chi connectivity index (χ1) is 11.0. The van der Waals surface area contributed by atoms with Crippen molar-refractivity contribution in [3.63, 3.8) is 0 Å². The number of hydrogen-bond acceptors (Lipinski definition) is 4. The van der Waals surface area contributed by atoms with Crippen LogP contribution in [0.5, 0.6) is 17.2 Å². The molecule has 1 unspecified atom stereocenters. The summed E-state index contributed by atoms with van der Waals surface area (Å²) < 4.78 is 35.5. The normalized spacial score (nSPS) is 19.5. The van der Waals surface area contributed by atoms with E-state index in [0.29, 0.717) is 30.5 Å². The average molecular weight is 318 g/mol. The summed E-state index contributed by atoms with van der Waals surface area (Å²) >= 11 is 0. The quantitative estimate of drug-likeness (QED) is 0.830. The van der Waals surface area contributed by atoms with Crippen LogP contribution in [0.15, 0.2) is 48.5 Å². The molecule has 0 aromatic heterocycles. The third-order valence-electron chi connectivity index (χ3n) is 3.36. The number of rotatable bonds is 5. The van der Waals surface area contributed by atoms with E-state index in [1.807, 2.05) is 13.8 Å². The fourth-order valence-electron chi connectivity index (χ4n) is 2.30. The van der Waals surface area contributed by atoms with Crippen LogP contribution in [0.1, 0.15) is 13.8 Å². The molecule has 1 heterocycles. The number of ether oxygens (including phenoxy) is 4. The second-order valence-corrected chi connectivity index (χ2v) is 5.79. The SMILES string of the molecule is CC1(C)OCC(COc2ccc(Oc3cccc(F)c3)cc2)O1. The lowest BCUT2D eigenvalue weighted by atomic mass is 10.3. The molecule has 1 saturated heterocycles. The minimum Gasteiger partial charge on any atom is -0.491 e. The molecule has 1 aliphatic heterocycles. The minimum absolute atomic E-state index is 0.0757. The summed E-state index contributed by atoms with van der Waals surface area (Å²) in [5, 5.41) is 0. The summed E-state index contributed by atoms with van der Waals surface area (Å²) in [6, 6.07) is 13.2. The molecule has 4 nitrogen and oxygen atoms in total. The van der Waals surface area contributed by atoms with E-state index in [-0.39, 0.29) is 11.9 Å². The van der Waals surface area contributed by atoms with Gasteiger partial charge in [-0.1, -0.05) is 6.07 Å². The molecule has 23 heavy (non-hydrogen) atoms. The zero-order chi connectivity index (χ0) is 16.3. The number of benzene rings is 2. The molecule has 0 N–H and O–H groups in total. The van der Waals surface area contributed by atoms with Crippen molar-refractivity contribution in [2.24, 2.45) is 0 Å². The van der Waals surface area contributed by atoms with Crippen molar-refractivity contribution in [3.05, 3.63) is 54.3 Å². The lowest BCUT2D eigenvalue weighted by molar-refractivity contribution is -0.141. The van der Waals surface area contributed by atoms with Crippen LogP contribution >= 0.6 is 0 Å². The van der Waals surface area contributed by atoms with Gasteiger partial charge in [0.2, 0.25) is 0 Å². The van der Waals surface area contributed by atoms with Crippen LogP contribution in [0.25, 0.3) is 0 Å². The van der Waals surface area contributed by atoms with Gasteiger partial charge >= 0.3 is 0 Å². The number of hydrogen-bond donors (Lipinski definition) is 0. The van der Waals surface area contributed by atoms with Crippen LogP contribution < -0.4 is 9.47 Å². The molecule has 0 spiro atoms. The Morgan fingerprint density at radius 2 is 1.83 bits per heavy atom. The Balaban J connectivity index is 1.53. The molecule has 1 fully saturated rings. The van der Waals surface area contributed by atoms with Gasteiger partial charge in [0.05, 0.1) is 6.61 Å². The van der Waals surface area contributed by atoms with Gasteiger partial charge in [-0.2, -0.15) is 0 Å². The first-order valence-corrected chi connectivity index (χ1v) is 7.48. The Bertz CT molecular complexity index is 654. The maximum atomic E-state index is 13.1. The van der Waals surface area contributed by atoms with Crippen LogP contribution in [0.2, 0.25) is 0 Å². The summed E-state index contributed by atoms with van der Waals surface area (Å²) in [5.74, 6) is 0.910. The standard InChI is InChI=1S/C18H19FO4/c1-18(2)21-12-17(23-18)11-20-14-6-8-15(9-7-14)22-16-5-3-4-13(19)10-16/h3-10,17H,11-12H2,1-2H3. The van der Waals surface area contributed by atoms with Crippen molar-refractivity contribution in [1.82, 2.24) is 0 Å². The predicted molar refractivity (Wildman–Crippen MR) is 83.3 cm³/mol. The van der Waals surface area contributed by atoms with Crippen molar-refractivity contribution in [3.8, 4) is 17.2 Å². The summed E-state index contributed by atoms with van der Waals surface area (Å²) in [5.41, 5.74) is 0. The van der Waals surface area contributed by atoms with E-state index >= 15 is 0 Å². The molecule has 0 bridgehead atoms. The third-order valence-corrected chi connectivity index (χ3v) is 3.36. The largest absolute Gasteiger partial charge is 0.491 e. The molecular weight excluding hydrogens is 299 g/mol. The van der Waals surface area contributed by atoms with Gasteiger partial charge in [-0.05, 0) is 50.2 Å². The second-order valence-electron chi connectivity index (χ2n) is 5.79. The molecule has 1 aliphatic rings. The summed E-state index contributed by atoms with van der Waals surface area (Å²) in [6.45, 7) is 4.71. The fraction of sp³-hybridized carbons (Fsp3) is 0.333. The number of halogens is 1. The Labute approximate surface area is 134 Å². The van der Waals surface area contributed by atoms with Gasteiger partial charge < -0.3 is 18.9 Å². The molecule has 0 aliphatic carbocycles. The topological polar surface area (TPSA) is 36.9 Å². The molecule has 2 aromatic carbocycles. The lowest BCUT2D eigenvalue weighted by Gasteiger charge is -2.17. The minimum atomic E-state index is -0.545. The van der Waals surface area contributed by atoms with Crippen LogP contribution in [0.4, 0.5) is 4.39 Å². The summed E-state index contributed by atoms with van der Waals surface area (Å²) in [7, 11) is 0. The highest BCUT2D eigenvalue weighted by Gasteiger charge is 2.32. The molecule has 2 aromatic rings. The van der Waals surface area contributed by atoms with E-state index in [1.165, 1.54) is 12.1 Å². The zero-order valence-electron chi connectivity index (χ0n) is 13.1. The van der Waals surface area contributed by atoms with Gasteiger partial charge in [0, 0.05) is 6.07 Å². The highest BCUT2D eigenvalue weighted by Crippen LogP contribution is 2.26. The molecule has 3 rings (SSSR count). The van der Waals surface area contributed by atoms with Gasteiger partial charge in [-0.15, -0.1) is 0 Å². The molecular formula is C18H19FO4. The van der Waals surface area contributed by atoms with Crippen LogP contribution in [0, 0.1) is 5.82 Å². The Morgan fingerprint density at radius 3 is 2.48 bits per heavy atom. The third kappa shape index (κ3) is 4.43. The average Bonchev–Trinajstić information content (AvgIpc) is 2.86. The fourth-order valence-corrected chi connectivity index (χ4v) is 2.30. The zero-order valence-corrected chi connectivity index (χ0v) is 13.1. The molecule has 0 saturated carbocycles. The Morgan fingerprint density at radius 1 is 1.09 bits per heavy atom. The van der Waals surface area contributed by atoms with E-state index in [1.54, 1.807) is 36.4 Å². The first-order valence-electron chi connectivity index (χ1n) is 7.48. The van der Waals surface area contributed by atoms with Gasteiger partial charge in [0.25, 0.3) is 0 Å². The van der Waals surface area contributed by atoms with Crippen LogP contribution in [-0.2, 0) is 9.47 Å². The van der Waals surface area contributed by atoms with Crippen molar-refractivity contribution >= 4 is 0 Å². The highest BCUT2D eigenvalue weighted by molar-refractivity contribution is 5.35. The highest BCUT2D eigenvalue weighted by atomic mass is 19.1. The predicted octanol–water partition coefficient (Wildman–Crippen LogP) is 4.15. The van der Waals surface area contributed by atoms with Crippen LogP contribution in [0.3, 0.4) is 0 Å². The van der Waals surface area contributed by atoms with E-state index in [4.69, 9.17) is 18.9 Å². The van der Waals surface area contributed by atoms with Crippen molar-refractivity contribution < 1.29 is 23.3 Å². The van der Waals surface area contributed by atoms with E-state index in [0.717, 1.165) is 0 Å². The van der Waals surface area contributed by atoms with Gasteiger partial charge in [0.15, 0.2) is 5.79 Å². The van der Waals surface area contributed by atoms with Gasteiger partial charge in [-0.3, -0.25) is 0 Å². The smallest absolute Gasteiger partial charge is 0.163 e. The van der Waals surface area contributed by atoms with Crippen molar-refractivity contribution in [2.45, 2.75) is 25.7 Å².